The average molecular weight is 307 g/mol. The zero-order chi connectivity index (χ0) is 16.2. The predicted molar refractivity (Wildman–Crippen MR) is 97.6 cm³/mol. The van der Waals surface area contributed by atoms with Crippen LogP contribution in [0.4, 0.5) is 5.69 Å². The Hall–Kier alpha value is -2.29. The Bertz CT molecular complexity index is 785. The molecule has 0 radical (unpaired) electrons. The van der Waals surface area contributed by atoms with Gasteiger partial charge in [-0.2, -0.15) is 0 Å². The fourth-order valence-corrected chi connectivity index (χ4v) is 2.98. The van der Waals surface area contributed by atoms with Crippen molar-refractivity contribution in [3.8, 4) is 0 Å². The fraction of sp³-hybridized carbons (Fsp3) is 0.350. The van der Waals surface area contributed by atoms with Crippen LogP contribution >= 0.6 is 0 Å². The summed E-state index contributed by atoms with van der Waals surface area (Å²) in [6, 6.07) is 14.9. The van der Waals surface area contributed by atoms with E-state index in [4.69, 9.17) is 10.7 Å². The number of hydrogen-bond acceptors (Lipinski definition) is 2. The molecule has 1 aromatic heterocycles. The standard InChI is InChI=1S/C20H25N3/c1-3-4-14-23-18-7-5-6-17(21)20(18)22-19(23)13-12-16-10-8-15(2)9-11-16/h5-11H,3-4,12-14,21H2,1-2H3. The lowest BCUT2D eigenvalue weighted by Crippen LogP contribution is -2.05. The van der Waals surface area contributed by atoms with Crippen molar-refractivity contribution in [1.82, 2.24) is 9.55 Å². The summed E-state index contributed by atoms with van der Waals surface area (Å²) in [6.07, 6.45) is 4.30. The number of benzene rings is 2. The Balaban J connectivity index is 1.89. The minimum atomic E-state index is 0.773. The molecule has 23 heavy (non-hydrogen) atoms. The molecule has 0 bridgehead atoms. The molecule has 0 atom stereocenters. The largest absolute Gasteiger partial charge is 0.397 e. The van der Waals surface area contributed by atoms with E-state index in [2.05, 4.69) is 48.7 Å². The van der Waals surface area contributed by atoms with Gasteiger partial charge in [-0.3, -0.25) is 0 Å². The number of nitrogens with two attached hydrogens (primary N) is 1. The number of unbranched alkanes of at least 4 members (excludes halogenated alkanes) is 1. The van der Waals surface area contributed by atoms with Crippen LogP contribution in [0.2, 0.25) is 0 Å². The van der Waals surface area contributed by atoms with Crippen molar-refractivity contribution in [3.63, 3.8) is 0 Å². The molecule has 120 valence electrons. The van der Waals surface area contributed by atoms with Gasteiger partial charge < -0.3 is 10.3 Å². The summed E-state index contributed by atoms with van der Waals surface area (Å²) in [7, 11) is 0. The molecule has 0 amide bonds. The van der Waals surface area contributed by atoms with Crippen LogP contribution < -0.4 is 5.73 Å². The van der Waals surface area contributed by atoms with Gasteiger partial charge in [-0.15, -0.1) is 0 Å². The summed E-state index contributed by atoms with van der Waals surface area (Å²) >= 11 is 0. The predicted octanol–water partition coefficient (Wildman–Crippen LogP) is 4.51. The van der Waals surface area contributed by atoms with Gasteiger partial charge in [0, 0.05) is 13.0 Å². The number of rotatable bonds is 6. The number of anilines is 1. The maximum Gasteiger partial charge on any atom is 0.112 e. The third kappa shape index (κ3) is 3.39. The summed E-state index contributed by atoms with van der Waals surface area (Å²) in [5.74, 6) is 1.15. The first-order chi connectivity index (χ1) is 11.2. The molecular weight excluding hydrogens is 282 g/mol. The van der Waals surface area contributed by atoms with Gasteiger partial charge in [0.05, 0.1) is 11.2 Å². The van der Waals surface area contributed by atoms with Crippen molar-refractivity contribution in [2.45, 2.75) is 46.1 Å². The van der Waals surface area contributed by atoms with Gasteiger partial charge in [0.2, 0.25) is 0 Å². The Morgan fingerprint density at radius 3 is 2.57 bits per heavy atom. The highest BCUT2D eigenvalue weighted by atomic mass is 15.1. The second-order valence-corrected chi connectivity index (χ2v) is 6.23. The maximum absolute atomic E-state index is 6.12. The molecule has 1 heterocycles. The monoisotopic (exact) mass is 307 g/mol. The number of fused-ring (bicyclic) bond motifs is 1. The second kappa shape index (κ2) is 6.86. The van der Waals surface area contributed by atoms with E-state index in [-0.39, 0.29) is 0 Å². The molecule has 0 spiro atoms. The summed E-state index contributed by atoms with van der Waals surface area (Å²) in [4.78, 5) is 4.84. The normalized spacial score (nSPS) is 11.2. The highest BCUT2D eigenvalue weighted by Crippen LogP contribution is 2.23. The molecule has 0 fully saturated rings. The van der Waals surface area contributed by atoms with E-state index in [1.54, 1.807) is 0 Å². The van der Waals surface area contributed by atoms with E-state index in [9.17, 15) is 0 Å². The van der Waals surface area contributed by atoms with Crippen LogP contribution in [0.1, 0.15) is 36.7 Å². The highest BCUT2D eigenvalue weighted by molar-refractivity contribution is 5.87. The third-order valence-electron chi connectivity index (χ3n) is 4.38. The van der Waals surface area contributed by atoms with E-state index < -0.39 is 0 Å². The zero-order valence-electron chi connectivity index (χ0n) is 14.0. The zero-order valence-corrected chi connectivity index (χ0v) is 14.0. The molecule has 2 N–H and O–H groups in total. The molecule has 0 saturated heterocycles. The maximum atomic E-state index is 6.12. The lowest BCUT2D eigenvalue weighted by molar-refractivity contribution is 0.613. The van der Waals surface area contributed by atoms with Crippen molar-refractivity contribution in [3.05, 3.63) is 59.4 Å². The molecule has 2 aromatic carbocycles. The smallest absolute Gasteiger partial charge is 0.112 e. The van der Waals surface area contributed by atoms with E-state index >= 15 is 0 Å². The van der Waals surface area contributed by atoms with Crippen LogP contribution in [0.5, 0.6) is 0 Å². The number of imidazole rings is 1. The molecule has 3 nitrogen and oxygen atoms in total. The fourth-order valence-electron chi connectivity index (χ4n) is 2.98. The molecule has 0 aliphatic heterocycles. The number of para-hydroxylation sites is 1. The lowest BCUT2D eigenvalue weighted by atomic mass is 10.1. The van der Waals surface area contributed by atoms with Crippen LogP contribution in [0.25, 0.3) is 11.0 Å². The molecular formula is C20H25N3. The van der Waals surface area contributed by atoms with Crippen molar-refractivity contribution in [1.29, 1.82) is 0 Å². The number of nitrogens with zero attached hydrogens (tertiary/aromatic N) is 2. The second-order valence-electron chi connectivity index (χ2n) is 6.23. The van der Waals surface area contributed by atoms with E-state index in [1.807, 2.05) is 12.1 Å². The van der Waals surface area contributed by atoms with E-state index in [0.29, 0.717) is 0 Å². The molecule has 0 saturated carbocycles. The molecule has 3 aromatic rings. The van der Waals surface area contributed by atoms with Gasteiger partial charge in [0.25, 0.3) is 0 Å². The Labute approximate surface area is 138 Å². The number of nitrogen functional groups attached to an aromatic ring is 1. The van der Waals surface area contributed by atoms with Crippen molar-refractivity contribution < 1.29 is 0 Å². The minimum Gasteiger partial charge on any atom is -0.397 e. The third-order valence-corrected chi connectivity index (χ3v) is 4.38. The number of hydrogen-bond donors (Lipinski definition) is 1. The van der Waals surface area contributed by atoms with Crippen LogP contribution in [0.15, 0.2) is 42.5 Å². The molecule has 0 aliphatic rings. The summed E-state index contributed by atoms with van der Waals surface area (Å²) in [6.45, 7) is 5.36. The molecule has 0 unspecified atom stereocenters. The van der Waals surface area contributed by atoms with Crippen LogP contribution in [0, 0.1) is 6.92 Å². The first-order valence-corrected chi connectivity index (χ1v) is 8.48. The van der Waals surface area contributed by atoms with E-state index in [0.717, 1.165) is 48.4 Å². The van der Waals surface area contributed by atoms with Gasteiger partial charge in [-0.05, 0) is 37.5 Å². The number of aryl methyl sites for hydroxylation is 4. The molecule has 0 aliphatic carbocycles. The van der Waals surface area contributed by atoms with Gasteiger partial charge in [0.15, 0.2) is 0 Å². The van der Waals surface area contributed by atoms with Crippen LogP contribution in [0.3, 0.4) is 0 Å². The van der Waals surface area contributed by atoms with Gasteiger partial charge in [-0.25, -0.2) is 4.98 Å². The first-order valence-electron chi connectivity index (χ1n) is 8.48. The quantitative estimate of drug-likeness (QED) is 0.681. The number of aromatic nitrogens is 2. The molecule has 3 rings (SSSR count). The minimum absolute atomic E-state index is 0.773. The first kappa shape index (κ1) is 15.6. The Morgan fingerprint density at radius 2 is 1.83 bits per heavy atom. The van der Waals surface area contributed by atoms with Crippen molar-refractivity contribution >= 4 is 16.7 Å². The van der Waals surface area contributed by atoms with E-state index in [1.165, 1.54) is 17.5 Å². The summed E-state index contributed by atoms with van der Waals surface area (Å²) in [5, 5.41) is 0. The highest BCUT2D eigenvalue weighted by Gasteiger charge is 2.12. The molecule has 3 heteroatoms. The van der Waals surface area contributed by atoms with Crippen LogP contribution in [-0.2, 0) is 19.4 Å². The Kier molecular flexibility index (Phi) is 4.65. The summed E-state index contributed by atoms with van der Waals surface area (Å²) in [5.41, 5.74) is 11.7. The SMILES string of the molecule is CCCCn1c(CCc2ccc(C)cc2)nc2c(N)cccc21. The Morgan fingerprint density at radius 1 is 1.04 bits per heavy atom. The summed E-state index contributed by atoms with van der Waals surface area (Å²) < 4.78 is 2.35. The van der Waals surface area contributed by atoms with Gasteiger partial charge >= 0.3 is 0 Å². The van der Waals surface area contributed by atoms with Gasteiger partial charge in [0.1, 0.15) is 11.3 Å². The van der Waals surface area contributed by atoms with Crippen LogP contribution in [-0.4, -0.2) is 9.55 Å². The lowest BCUT2D eigenvalue weighted by Gasteiger charge is -2.09. The van der Waals surface area contributed by atoms with Gasteiger partial charge in [-0.1, -0.05) is 49.2 Å². The van der Waals surface area contributed by atoms with Crippen molar-refractivity contribution in [2.24, 2.45) is 0 Å². The topological polar surface area (TPSA) is 43.8 Å². The average Bonchev–Trinajstić information content (AvgIpc) is 2.91. The van der Waals surface area contributed by atoms with Crippen molar-refractivity contribution in [2.75, 3.05) is 5.73 Å².